The first-order valence-corrected chi connectivity index (χ1v) is 8.86. The molecule has 2 N–H and O–H groups in total. The van der Waals surface area contributed by atoms with E-state index in [1.54, 1.807) is 11.3 Å². The molecule has 1 saturated heterocycles. The van der Waals surface area contributed by atoms with Gasteiger partial charge in [-0.2, -0.15) is 0 Å². The Balaban J connectivity index is 1.32. The number of carbonyl (C=O) groups is 1. The summed E-state index contributed by atoms with van der Waals surface area (Å²) in [7, 11) is 0. The number of hydrogen-bond donors (Lipinski definition) is 2. The Morgan fingerprint density at radius 2 is 2.24 bits per heavy atom. The second-order valence-electron chi connectivity index (χ2n) is 5.84. The van der Waals surface area contributed by atoms with Crippen LogP contribution in [0.25, 0.3) is 0 Å². The molecule has 116 valence electrons. The molecule has 2 aliphatic rings. The lowest BCUT2D eigenvalue weighted by atomic mass is 10.1. The fourth-order valence-electron chi connectivity index (χ4n) is 3.01. The Morgan fingerprint density at radius 1 is 1.38 bits per heavy atom. The highest BCUT2D eigenvalue weighted by Gasteiger charge is 2.18. The summed E-state index contributed by atoms with van der Waals surface area (Å²) >= 11 is 1.67. The van der Waals surface area contributed by atoms with E-state index in [-0.39, 0.29) is 5.91 Å². The van der Waals surface area contributed by atoms with Crippen molar-refractivity contribution >= 4 is 17.2 Å². The molecule has 1 aliphatic heterocycles. The van der Waals surface area contributed by atoms with Gasteiger partial charge in [0.05, 0.1) is 11.0 Å². The average Bonchev–Trinajstić information content (AvgIpc) is 3.09. The first kappa shape index (κ1) is 15.0. The van der Waals surface area contributed by atoms with Crippen LogP contribution >= 0.6 is 11.3 Å². The van der Waals surface area contributed by atoms with Gasteiger partial charge in [0.1, 0.15) is 0 Å². The summed E-state index contributed by atoms with van der Waals surface area (Å²) in [6.07, 6.45) is 7.04. The SMILES string of the molecule is O=C(NCCCOC1CCNCC1)c1cc2c(s1)CCC2. The molecule has 1 aromatic heterocycles. The van der Waals surface area contributed by atoms with Crippen molar-refractivity contribution in [1.82, 2.24) is 10.6 Å². The Bertz CT molecular complexity index is 459. The molecule has 0 spiro atoms. The summed E-state index contributed by atoms with van der Waals surface area (Å²) < 4.78 is 5.83. The van der Waals surface area contributed by atoms with E-state index in [4.69, 9.17) is 4.74 Å². The smallest absolute Gasteiger partial charge is 0.261 e. The normalized spacial score (nSPS) is 18.7. The molecule has 3 rings (SSSR count). The summed E-state index contributed by atoms with van der Waals surface area (Å²) in [4.78, 5) is 14.4. The van der Waals surface area contributed by atoms with E-state index in [1.165, 1.54) is 16.9 Å². The molecule has 4 nitrogen and oxygen atoms in total. The van der Waals surface area contributed by atoms with E-state index < -0.39 is 0 Å². The number of nitrogens with one attached hydrogen (secondary N) is 2. The summed E-state index contributed by atoms with van der Waals surface area (Å²) in [5.74, 6) is 0.0799. The molecule has 0 bridgehead atoms. The molecule has 0 unspecified atom stereocenters. The van der Waals surface area contributed by atoms with Crippen LogP contribution in [-0.4, -0.2) is 38.3 Å². The van der Waals surface area contributed by atoms with Crippen LogP contribution in [0.3, 0.4) is 0 Å². The highest BCUT2D eigenvalue weighted by Crippen LogP contribution is 2.30. The fraction of sp³-hybridized carbons (Fsp3) is 0.688. The molecule has 1 fully saturated rings. The molecule has 0 saturated carbocycles. The Morgan fingerprint density at radius 3 is 3.05 bits per heavy atom. The summed E-state index contributed by atoms with van der Waals surface area (Å²) in [6, 6.07) is 2.08. The highest BCUT2D eigenvalue weighted by atomic mass is 32.1. The van der Waals surface area contributed by atoms with E-state index in [0.717, 1.165) is 56.7 Å². The molecule has 0 radical (unpaired) electrons. The predicted molar refractivity (Wildman–Crippen MR) is 85.1 cm³/mol. The maximum Gasteiger partial charge on any atom is 0.261 e. The number of amides is 1. The third-order valence-electron chi connectivity index (χ3n) is 4.22. The van der Waals surface area contributed by atoms with E-state index in [1.807, 2.05) is 0 Å². The molecule has 1 amide bonds. The number of fused-ring (bicyclic) bond motifs is 1. The Kier molecular flexibility index (Phi) is 5.27. The van der Waals surface area contributed by atoms with Gasteiger partial charge in [0.2, 0.25) is 0 Å². The van der Waals surface area contributed by atoms with Crippen molar-refractivity contribution < 1.29 is 9.53 Å². The van der Waals surface area contributed by atoms with E-state index in [9.17, 15) is 4.79 Å². The lowest BCUT2D eigenvalue weighted by Gasteiger charge is -2.22. The molecule has 1 aliphatic carbocycles. The quantitative estimate of drug-likeness (QED) is 0.792. The second-order valence-corrected chi connectivity index (χ2v) is 6.98. The molecule has 0 aromatic carbocycles. The topological polar surface area (TPSA) is 50.4 Å². The second kappa shape index (κ2) is 7.38. The zero-order valence-corrected chi connectivity index (χ0v) is 13.3. The van der Waals surface area contributed by atoms with Crippen LogP contribution in [-0.2, 0) is 17.6 Å². The third-order valence-corrected chi connectivity index (χ3v) is 5.45. The minimum atomic E-state index is 0.0799. The zero-order valence-electron chi connectivity index (χ0n) is 12.5. The van der Waals surface area contributed by atoms with Crippen LogP contribution in [0.2, 0.25) is 0 Å². The minimum absolute atomic E-state index is 0.0799. The first-order chi connectivity index (χ1) is 10.3. The van der Waals surface area contributed by atoms with Crippen LogP contribution in [0.5, 0.6) is 0 Å². The molecule has 2 heterocycles. The van der Waals surface area contributed by atoms with Gasteiger partial charge in [-0.05, 0) is 63.2 Å². The van der Waals surface area contributed by atoms with Gasteiger partial charge in [-0.3, -0.25) is 4.79 Å². The van der Waals surface area contributed by atoms with Gasteiger partial charge in [-0.1, -0.05) is 0 Å². The first-order valence-electron chi connectivity index (χ1n) is 8.05. The van der Waals surface area contributed by atoms with Crippen molar-refractivity contribution in [2.75, 3.05) is 26.2 Å². The number of thiophene rings is 1. The Labute approximate surface area is 130 Å². The maximum absolute atomic E-state index is 12.1. The summed E-state index contributed by atoms with van der Waals surface area (Å²) in [5.41, 5.74) is 1.39. The van der Waals surface area contributed by atoms with E-state index in [2.05, 4.69) is 16.7 Å². The van der Waals surface area contributed by atoms with Gasteiger partial charge < -0.3 is 15.4 Å². The number of piperidine rings is 1. The molecular weight excluding hydrogens is 284 g/mol. The molecule has 1 aromatic rings. The fourth-order valence-corrected chi connectivity index (χ4v) is 4.18. The van der Waals surface area contributed by atoms with Crippen molar-refractivity contribution in [3.05, 3.63) is 21.4 Å². The van der Waals surface area contributed by atoms with Gasteiger partial charge in [0.25, 0.3) is 5.91 Å². The van der Waals surface area contributed by atoms with Gasteiger partial charge >= 0.3 is 0 Å². The van der Waals surface area contributed by atoms with Crippen molar-refractivity contribution in [3.63, 3.8) is 0 Å². The van der Waals surface area contributed by atoms with Crippen LogP contribution in [0.15, 0.2) is 6.07 Å². The minimum Gasteiger partial charge on any atom is -0.378 e. The van der Waals surface area contributed by atoms with E-state index in [0.29, 0.717) is 12.6 Å². The molecule has 21 heavy (non-hydrogen) atoms. The number of aryl methyl sites for hydroxylation is 2. The van der Waals surface area contributed by atoms with Gasteiger partial charge in [0, 0.05) is 18.0 Å². The van der Waals surface area contributed by atoms with Crippen LogP contribution in [0.1, 0.15) is 45.8 Å². The summed E-state index contributed by atoms with van der Waals surface area (Å²) in [5, 5.41) is 6.33. The molecule has 0 atom stereocenters. The van der Waals surface area contributed by atoms with Crippen LogP contribution in [0, 0.1) is 0 Å². The number of ether oxygens (including phenoxy) is 1. The largest absolute Gasteiger partial charge is 0.378 e. The number of rotatable bonds is 6. The summed E-state index contributed by atoms with van der Waals surface area (Å²) in [6.45, 7) is 3.56. The molecule has 5 heteroatoms. The average molecular weight is 308 g/mol. The highest BCUT2D eigenvalue weighted by molar-refractivity contribution is 7.14. The van der Waals surface area contributed by atoms with Crippen molar-refractivity contribution in [3.8, 4) is 0 Å². The lowest BCUT2D eigenvalue weighted by molar-refractivity contribution is 0.0318. The predicted octanol–water partition coefficient (Wildman–Crippen LogP) is 2.13. The lowest BCUT2D eigenvalue weighted by Crippen LogP contribution is -2.33. The number of hydrogen-bond acceptors (Lipinski definition) is 4. The zero-order chi connectivity index (χ0) is 14.5. The van der Waals surface area contributed by atoms with Gasteiger partial charge in [0.15, 0.2) is 0 Å². The Hall–Kier alpha value is -0.910. The van der Waals surface area contributed by atoms with Crippen LogP contribution in [0.4, 0.5) is 0 Å². The van der Waals surface area contributed by atoms with Crippen LogP contribution < -0.4 is 10.6 Å². The monoisotopic (exact) mass is 308 g/mol. The van der Waals surface area contributed by atoms with Crippen molar-refractivity contribution in [2.45, 2.75) is 44.6 Å². The van der Waals surface area contributed by atoms with Crippen molar-refractivity contribution in [1.29, 1.82) is 0 Å². The number of carbonyl (C=O) groups excluding carboxylic acids is 1. The third kappa shape index (κ3) is 4.05. The van der Waals surface area contributed by atoms with Gasteiger partial charge in [-0.15, -0.1) is 11.3 Å². The molecular formula is C16H24N2O2S. The standard InChI is InChI=1S/C16H24N2O2S/c19-16(15-11-12-3-1-4-14(12)21-15)18-7-2-10-20-13-5-8-17-9-6-13/h11,13,17H,1-10H2,(H,18,19). The maximum atomic E-state index is 12.1. The van der Waals surface area contributed by atoms with E-state index >= 15 is 0 Å². The van der Waals surface area contributed by atoms with Gasteiger partial charge in [-0.25, -0.2) is 0 Å². The van der Waals surface area contributed by atoms with Crippen molar-refractivity contribution in [2.24, 2.45) is 0 Å².